The van der Waals surface area contributed by atoms with E-state index in [0.29, 0.717) is 38.4 Å². The van der Waals surface area contributed by atoms with Crippen LogP contribution in [0.3, 0.4) is 0 Å². The number of nitrogens with one attached hydrogen (secondary N) is 1. The monoisotopic (exact) mass is 332 g/mol. The molecule has 5 nitrogen and oxygen atoms in total. The van der Waals surface area contributed by atoms with Gasteiger partial charge in [0, 0.05) is 25.2 Å². The van der Waals surface area contributed by atoms with Crippen LogP contribution in [-0.4, -0.2) is 37.1 Å². The van der Waals surface area contributed by atoms with E-state index >= 15 is 0 Å². The summed E-state index contributed by atoms with van der Waals surface area (Å²) in [6.07, 6.45) is 1.60. The maximum Gasteiger partial charge on any atom is 0.242 e. The van der Waals surface area contributed by atoms with E-state index in [0.717, 1.165) is 11.3 Å². The summed E-state index contributed by atoms with van der Waals surface area (Å²) in [5, 5.41) is 2.94. The number of furan rings is 1. The molecule has 0 radical (unpaired) electrons. The van der Waals surface area contributed by atoms with Gasteiger partial charge < -0.3 is 14.5 Å². The second kappa shape index (κ2) is 7.59. The van der Waals surface area contributed by atoms with Crippen molar-refractivity contribution < 1.29 is 18.3 Å². The van der Waals surface area contributed by atoms with Crippen LogP contribution in [0.4, 0.5) is 4.39 Å². The van der Waals surface area contributed by atoms with Gasteiger partial charge in [0.15, 0.2) is 0 Å². The van der Waals surface area contributed by atoms with Crippen molar-refractivity contribution in [3.05, 3.63) is 59.3 Å². The predicted molar refractivity (Wildman–Crippen MR) is 86.8 cm³/mol. The molecule has 3 rings (SSSR count). The van der Waals surface area contributed by atoms with Crippen LogP contribution in [0.5, 0.6) is 0 Å². The van der Waals surface area contributed by atoms with Gasteiger partial charge in [-0.2, -0.15) is 0 Å². The lowest BCUT2D eigenvalue weighted by molar-refractivity contribution is -0.128. The summed E-state index contributed by atoms with van der Waals surface area (Å²) in [5.74, 6) is 0.288. The number of benzene rings is 1. The fourth-order valence-electron chi connectivity index (χ4n) is 2.91. The highest BCUT2D eigenvalue weighted by Crippen LogP contribution is 2.23. The predicted octanol–water partition coefficient (Wildman–Crippen LogP) is 2.42. The Kier molecular flexibility index (Phi) is 5.27. The Morgan fingerprint density at radius 1 is 1.33 bits per heavy atom. The second-order valence-corrected chi connectivity index (χ2v) is 5.83. The van der Waals surface area contributed by atoms with Crippen LogP contribution in [0.1, 0.15) is 22.9 Å². The zero-order chi connectivity index (χ0) is 16.9. The Bertz CT molecular complexity index is 695. The molecule has 0 bridgehead atoms. The van der Waals surface area contributed by atoms with E-state index in [1.54, 1.807) is 18.4 Å². The van der Waals surface area contributed by atoms with Crippen LogP contribution in [-0.2, 0) is 16.1 Å². The molecule has 1 fully saturated rings. The number of rotatable bonds is 5. The normalized spacial score (nSPS) is 16.8. The number of nitrogens with zero attached hydrogens (tertiary/aromatic N) is 1. The molecule has 24 heavy (non-hydrogen) atoms. The van der Waals surface area contributed by atoms with Crippen molar-refractivity contribution in [2.45, 2.75) is 19.5 Å². The van der Waals surface area contributed by atoms with Gasteiger partial charge in [-0.3, -0.25) is 9.69 Å². The maximum atomic E-state index is 13.6. The summed E-state index contributed by atoms with van der Waals surface area (Å²) >= 11 is 0. The zero-order valence-corrected chi connectivity index (χ0v) is 13.6. The van der Waals surface area contributed by atoms with E-state index < -0.39 is 6.04 Å². The fraction of sp³-hybridized carbons (Fsp3) is 0.389. The highest BCUT2D eigenvalue weighted by atomic mass is 19.1. The van der Waals surface area contributed by atoms with Gasteiger partial charge in [0.1, 0.15) is 17.6 Å². The van der Waals surface area contributed by atoms with Crippen molar-refractivity contribution in [3.8, 4) is 0 Å². The van der Waals surface area contributed by atoms with Crippen molar-refractivity contribution in [2.24, 2.45) is 0 Å². The van der Waals surface area contributed by atoms with Crippen molar-refractivity contribution >= 4 is 5.91 Å². The summed E-state index contributed by atoms with van der Waals surface area (Å²) in [7, 11) is 0. The molecule has 1 saturated heterocycles. The molecular weight excluding hydrogens is 311 g/mol. The molecule has 128 valence electrons. The molecule has 6 heteroatoms. The van der Waals surface area contributed by atoms with Crippen molar-refractivity contribution in [1.82, 2.24) is 10.2 Å². The fourth-order valence-corrected chi connectivity index (χ4v) is 2.91. The Balaban J connectivity index is 1.78. The van der Waals surface area contributed by atoms with Crippen molar-refractivity contribution in [1.29, 1.82) is 0 Å². The summed E-state index contributed by atoms with van der Waals surface area (Å²) in [4.78, 5) is 14.8. The van der Waals surface area contributed by atoms with Gasteiger partial charge in [0.25, 0.3) is 0 Å². The number of morpholine rings is 1. The highest BCUT2D eigenvalue weighted by Gasteiger charge is 2.29. The molecule has 1 amide bonds. The molecule has 0 saturated carbocycles. The molecule has 1 aromatic heterocycles. The smallest absolute Gasteiger partial charge is 0.242 e. The first kappa shape index (κ1) is 16.7. The largest absolute Gasteiger partial charge is 0.469 e. The van der Waals surface area contributed by atoms with Crippen LogP contribution in [0, 0.1) is 12.7 Å². The Hall–Kier alpha value is -2.18. The molecule has 1 aromatic carbocycles. The van der Waals surface area contributed by atoms with Crippen LogP contribution in [0.25, 0.3) is 0 Å². The number of amides is 1. The molecule has 0 aliphatic carbocycles. The number of halogens is 1. The number of hydrogen-bond donors (Lipinski definition) is 1. The third-order valence-electron chi connectivity index (χ3n) is 4.24. The topological polar surface area (TPSA) is 54.7 Å². The van der Waals surface area contributed by atoms with Crippen LogP contribution in [0.2, 0.25) is 0 Å². The number of ether oxygens (including phenoxy) is 1. The lowest BCUT2D eigenvalue weighted by Crippen LogP contribution is -2.45. The molecule has 2 heterocycles. The van der Waals surface area contributed by atoms with E-state index in [1.807, 2.05) is 17.9 Å². The number of hydrogen-bond acceptors (Lipinski definition) is 4. The van der Waals surface area contributed by atoms with E-state index in [4.69, 9.17) is 9.15 Å². The standard InChI is InChI=1S/C18H21FN2O3/c1-13-15(5-8-24-13)12-20-18(22)17(21-6-9-23-10-7-21)14-3-2-4-16(19)11-14/h2-5,8,11,17H,6-7,9-10,12H2,1H3,(H,20,22)/t17-/m0/s1. The SMILES string of the molecule is Cc1occc1CNC(=O)[C@H](c1cccc(F)c1)N1CCOCC1. The lowest BCUT2D eigenvalue weighted by atomic mass is 10.0. The first-order valence-electron chi connectivity index (χ1n) is 8.03. The number of carbonyl (C=O) groups excluding carboxylic acids is 1. The third-order valence-corrected chi connectivity index (χ3v) is 4.24. The van der Waals surface area contributed by atoms with E-state index in [9.17, 15) is 9.18 Å². The van der Waals surface area contributed by atoms with Crippen LogP contribution >= 0.6 is 0 Å². The zero-order valence-electron chi connectivity index (χ0n) is 13.6. The quantitative estimate of drug-likeness (QED) is 0.914. The molecule has 2 aromatic rings. The average molecular weight is 332 g/mol. The summed E-state index contributed by atoms with van der Waals surface area (Å²) < 4.78 is 24.2. The molecule has 0 unspecified atom stereocenters. The highest BCUT2D eigenvalue weighted by molar-refractivity contribution is 5.83. The summed E-state index contributed by atoms with van der Waals surface area (Å²) in [6.45, 7) is 4.66. The number of aryl methyl sites for hydroxylation is 1. The van der Waals surface area contributed by atoms with Gasteiger partial charge in [-0.1, -0.05) is 12.1 Å². The van der Waals surface area contributed by atoms with Gasteiger partial charge in [0.2, 0.25) is 5.91 Å². The minimum Gasteiger partial charge on any atom is -0.469 e. The summed E-state index contributed by atoms with van der Waals surface area (Å²) in [5.41, 5.74) is 1.58. The molecule has 1 aliphatic rings. The first-order chi connectivity index (χ1) is 11.6. The first-order valence-corrected chi connectivity index (χ1v) is 8.03. The van der Waals surface area contributed by atoms with Gasteiger partial charge in [-0.05, 0) is 30.7 Å². The van der Waals surface area contributed by atoms with Crippen LogP contribution < -0.4 is 5.32 Å². The Morgan fingerprint density at radius 3 is 2.79 bits per heavy atom. The average Bonchev–Trinajstić information content (AvgIpc) is 2.99. The van der Waals surface area contributed by atoms with E-state index in [-0.39, 0.29) is 11.7 Å². The van der Waals surface area contributed by atoms with Gasteiger partial charge in [-0.25, -0.2) is 4.39 Å². The van der Waals surface area contributed by atoms with Crippen LogP contribution in [0.15, 0.2) is 41.0 Å². The Labute approximate surface area is 140 Å². The minimum atomic E-state index is -0.531. The molecule has 1 N–H and O–H groups in total. The van der Waals surface area contributed by atoms with Gasteiger partial charge in [-0.15, -0.1) is 0 Å². The van der Waals surface area contributed by atoms with E-state index in [1.165, 1.54) is 12.1 Å². The maximum absolute atomic E-state index is 13.6. The van der Waals surface area contributed by atoms with E-state index in [2.05, 4.69) is 5.32 Å². The third kappa shape index (κ3) is 3.83. The minimum absolute atomic E-state index is 0.150. The van der Waals surface area contributed by atoms with Gasteiger partial charge >= 0.3 is 0 Å². The number of carbonyl (C=O) groups is 1. The molecule has 1 aliphatic heterocycles. The van der Waals surface area contributed by atoms with Gasteiger partial charge in [0.05, 0.1) is 19.5 Å². The molecular formula is C18H21FN2O3. The summed E-state index contributed by atoms with van der Waals surface area (Å²) in [6, 6.07) is 7.52. The second-order valence-electron chi connectivity index (χ2n) is 5.83. The molecule has 1 atom stereocenters. The van der Waals surface area contributed by atoms with Crippen molar-refractivity contribution in [2.75, 3.05) is 26.3 Å². The Morgan fingerprint density at radius 2 is 2.12 bits per heavy atom. The van der Waals surface area contributed by atoms with Crippen molar-refractivity contribution in [3.63, 3.8) is 0 Å². The lowest BCUT2D eigenvalue weighted by Gasteiger charge is -2.33. The molecule has 0 spiro atoms.